The van der Waals surface area contributed by atoms with Gasteiger partial charge in [-0.1, -0.05) is 23.7 Å². The second-order valence-electron chi connectivity index (χ2n) is 4.51. The highest BCUT2D eigenvalue weighted by molar-refractivity contribution is 6.30. The van der Waals surface area contributed by atoms with Crippen molar-refractivity contribution in [2.75, 3.05) is 5.32 Å². The van der Waals surface area contributed by atoms with Crippen LogP contribution >= 0.6 is 11.6 Å². The molecule has 0 aliphatic carbocycles. The van der Waals surface area contributed by atoms with Crippen molar-refractivity contribution in [2.24, 2.45) is 0 Å². The number of fused-ring (bicyclic) bond motifs is 1. The largest absolute Gasteiger partial charge is 0.378 e. The lowest BCUT2D eigenvalue weighted by atomic mass is 10.2. The lowest BCUT2D eigenvalue weighted by Crippen LogP contribution is -2.14. The molecule has 21 heavy (non-hydrogen) atoms. The number of rotatable bonds is 3. The second kappa shape index (κ2) is 5.54. The first-order valence-corrected chi connectivity index (χ1v) is 6.68. The standard InChI is InChI=1S/C15H11ClFN3O/c16-11-6-5-9(7-12(11)17)18-8-14-19-13-4-2-1-3-10(13)15(21)20-14/h1-7,18H,8H2,(H,19,20,21). The van der Waals surface area contributed by atoms with Crippen molar-refractivity contribution in [3.8, 4) is 0 Å². The topological polar surface area (TPSA) is 57.8 Å². The molecule has 0 aliphatic rings. The Morgan fingerprint density at radius 1 is 1.24 bits per heavy atom. The number of aromatic amines is 1. The predicted octanol–water partition coefficient (Wildman–Crippen LogP) is 3.33. The van der Waals surface area contributed by atoms with E-state index in [2.05, 4.69) is 15.3 Å². The van der Waals surface area contributed by atoms with Crippen molar-refractivity contribution in [3.63, 3.8) is 0 Å². The van der Waals surface area contributed by atoms with Gasteiger partial charge in [-0.15, -0.1) is 0 Å². The Balaban J connectivity index is 1.85. The minimum absolute atomic E-state index is 0.0674. The number of hydrogen-bond acceptors (Lipinski definition) is 3. The number of halogens is 2. The molecule has 0 unspecified atom stereocenters. The van der Waals surface area contributed by atoms with Crippen LogP contribution in [0.5, 0.6) is 0 Å². The van der Waals surface area contributed by atoms with Crippen LogP contribution in [0, 0.1) is 5.82 Å². The molecule has 3 aromatic rings. The molecular weight excluding hydrogens is 293 g/mol. The lowest BCUT2D eigenvalue weighted by Gasteiger charge is -2.07. The summed E-state index contributed by atoms with van der Waals surface area (Å²) in [5.74, 6) is -0.0179. The maximum atomic E-state index is 13.3. The van der Waals surface area contributed by atoms with Crippen LogP contribution in [0.3, 0.4) is 0 Å². The molecule has 4 nitrogen and oxygen atoms in total. The zero-order valence-electron chi connectivity index (χ0n) is 10.9. The molecule has 1 heterocycles. The fourth-order valence-electron chi connectivity index (χ4n) is 2.01. The summed E-state index contributed by atoms with van der Waals surface area (Å²) in [5.41, 5.74) is 0.993. The van der Waals surface area contributed by atoms with Crippen LogP contribution in [0.4, 0.5) is 10.1 Å². The van der Waals surface area contributed by atoms with E-state index in [4.69, 9.17) is 11.6 Å². The molecule has 0 fully saturated rings. The van der Waals surface area contributed by atoms with Gasteiger partial charge in [0.05, 0.1) is 22.5 Å². The molecule has 0 amide bonds. The van der Waals surface area contributed by atoms with Crippen LogP contribution in [-0.2, 0) is 6.54 Å². The third-order valence-electron chi connectivity index (χ3n) is 3.04. The summed E-state index contributed by atoms with van der Waals surface area (Å²) in [6, 6.07) is 11.5. The van der Waals surface area contributed by atoms with Gasteiger partial charge in [0, 0.05) is 5.69 Å². The minimum atomic E-state index is -0.498. The van der Waals surface area contributed by atoms with E-state index in [1.807, 2.05) is 6.07 Å². The fraction of sp³-hybridized carbons (Fsp3) is 0.0667. The molecule has 2 aromatic carbocycles. The smallest absolute Gasteiger partial charge is 0.258 e. The predicted molar refractivity (Wildman–Crippen MR) is 81.1 cm³/mol. The van der Waals surface area contributed by atoms with Crippen molar-refractivity contribution >= 4 is 28.2 Å². The van der Waals surface area contributed by atoms with Gasteiger partial charge in [0.1, 0.15) is 11.6 Å². The first-order chi connectivity index (χ1) is 10.1. The summed E-state index contributed by atoms with van der Waals surface area (Å²) in [5, 5.41) is 3.60. The van der Waals surface area contributed by atoms with Crippen molar-refractivity contribution in [1.82, 2.24) is 9.97 Å². The molecule has 0 atom stereocenters. The van der Waals surface area contributed by atoms with Crippen LogP contribution in [0.15, 0.2) is 47.3 Å². The number of nitrogens with zero attached hydrogens (tertiary/aromatic N) is 1. The number of benzene rings is 2. The molecule has 3 rings (SSSR count). The zero-order chi connectivity index (χ0) is 14.8. The third-order valence-corrected chi connectivity index (χ3v) is 3.35. The van der Waals surface area contributed by atoms with Gasteiger partial charge in [0.25, 0.3) is 5.56 Å². The molecule has 0 radical (unpaired) electrons. The maximum absolute atomic E-state index is 13.3. The first kappa shape index (κ1) is 13.6. The second-order valence-corrected chi connectivity index (χ2v) is 4.92. The van der Waals surface area contributed by atoms with Crippen molar-refractivity contribution < 1.29 is 4.39 Å². The molecule has 0 bridgehead atoms. The van der Waals surface area contributed by atoms with E-state index >= 15 is 0 Å². The zero-order valence-corrected chi connectivity index (χ0v) is 11.6. The molecule has 0 saturated heterocycles. The van der Waals surface area contributed by atoms with Crippen LogP contribution in [0.2, 0.25) is 5.02 Å². The summed E-state index contributed by atoms with van der Waals surface area (Å²) in [6.45, 7) is 0.279. The van der Waals surface area contributed by atoms with Crippen LogP contribution in [0.1, 0.15) is 5.82 Å². The minimum Gasteiger partial charge on any atom is -0.378 e. The normalized spacial score (nSPS) is 10.8. The number of para-hydroxylation sites is 1. The van der Waals surface area contributed by atoms with Gasteiger partial charge in [0.15, 0.2) is 0 Å². The number of nitrogens with one attached hydrogen (secondary N) is 2. The number of anilines is 1. The van der Waals surface area contributed by atoms with Gasteiger partial charge in [-0.25, -0.2) is 9.37 Å². The number of hydrogen-bond donors (Lipinski definition) is 2. The highest BCUT2D eigenvalue weighted by Gasteiger charge is 2.04. The van der Waals surface area contributed by atoms with Gasteiger partial charge in [0.2, 0.25) is 0 Å². The summed E-state index contributed by atoms with van der Waals surface area (Å²) in [4.78, 5) is 19.0. The Hall–Kier alpha value is -2.40. The average molecular weight is 304 g/mol. The van der Waals surface area contributed by atoms with Crippen LogP contribution < -0.4 is 10.9 Å². The van der Waals surface area contributed by atoms with E-state index in [-0.39, 0.29) is 17.1 Å². The highest BCUT2D eigenvalue weighted by Crippen LogP contribution is 2.19. The molecule has 2 N–H and O–H groups in total. The van der Waals surface area contributed by atoms with Gasteiger partial charge >= 0.3 is 0 Å². The molecule has 0 aliphatic heterocycles. The monoisotopic (exact) mass is 303 g/mol. The maximum Gasteiger partial charge on any atom is 0.258 e. The van der Waals surface area contributed by atoms with Crippen molar-refractivity contribution in [3.05, 3.63) is 69.5 Å². The summed E-state index contributed by atoms with van der Waals surface area (Å²) in [6.07, 6.45) is 0. The Morgan fingerprint density at radius 3 is 2.86 bits per heavy atom. The van der Waals surface area contributed by atoms with Gasteiger partial charge in [-0.2, -0.15) is 0 Å². The van der Waals surface area contributed by atoms with Gasteiger partial charge in [-0.05, 0) is 30.3 Å². The van der Waals surface area contributed by atoms with Crippen LogP contribution in [-0.4, -0.2) is 9.97 Å². The van der Waals surface area contributed by atoms with Crippen LogP contribution in [0.25, 0.3) is 10.9 Å². The van der Waals surface area contributed by atoms with E-state index in [1.165, 1.54) is 12.1 Å². The van der Waals surface area contributed by atoms with E-state index in [1.54, 1.807) is 24.3 Å². The van der Waals surface area contributed by atoms with Crippen molar-refractivity contribution in [1.29, 1.82) is 0 Å². The SMILES string of the molecule is O=c1[nH]c(CNc2ccc(Cl)c(F)c2)nc2ccccc12. The molecule has 0 spiro atoms. The Kier molecular flexibility index (Phi) is 3.58. The fourth-order valence-corrected chi connectivity index (χ4v) is 2.13. The van der Waals surface area contributed by atoms with Gasteiger partial charge < -0.3 is 10.3 Å². The molecular formula is C15H11ClFN3O. The third kappa shape index (κ3) is 2.87. The quantitative estimate of drug-likeness (QED) is 0.780. The molecule has 1 aromatic heterocycles. The summed E-state index contributed by atoms with van der Waals surface area (Å²) in [7, 11) is 0. The Labute approximate surface area is 124 Å². The van der Waals surface area contributed by atoms with E-state index in [9.17, 15) is 9.18 Å². The summed E-state index contributed by atoms with van der Waals surface area (Å²) < 4.78 is 13.3. The Bertz CT molecular complexity index is 863. The number of H-pyrrole nitrogens is 1. The Morgan fingerprint density at radius 2 is 2.05 bits per heavy atom. The number of aromatic nitrogens is 2. The van der Waals surface area contributed by atoms with Gasteiger partial charge in [-0.3, -0.25) is 4.79 Å². The van der Waals surface area contributed by atoms with E-state index < -0.39 is 5.82 Å². The average Bonchev–Trinajstić information content (AvgIpc) is 2.49. The molecule has 0 saturated carbocycles. The highest BCUT2D eigenvalue weighted by atomic mass is 35.5. The first-order valence-electron chi connectivity index (χ1n) is 6.30. The molecule has 106 valence electrons. The lowest BCUT2D eigenvalue weighted by molar-refractivity contribution is 0.628. The van der Waals surface area contributed by atoms with E-state index in [0.29, 0.717) is 22.4 Å². The summed E-state index contributed by atoms with van der Waals surface area (Å²) >= 11 is 5.62. The molecule has 6 heteroatoms. The van der Waals surface area contributed by atoms with E-state index in [0.717, 1.165) is 0 Å². The van der Waals surface area contributed by atoms with Crippen molar-refractivity contribution in [2.45, 2.75) is 6.54 Å².